The summed E-state index contributed by atoms with van der Waals surface area (Å²) >= 11 is 0. The number of carbonyl (C=O) groups excluding carboxylic acids is 2. The Kier molecular flexibility index (Phi) is 4.39. The summed E-state index contributed by atoms with van der Waals surface area (Å²) in [6.07, 6.45) is 3.15. The zero-order chi connectivity index (χ0) is 14.7. The Morgan fingerprint density at radius 2 is 2.35 bits per heavy atom. The number of rotatable bonds is 4. The highest BCUT2D eigenvalue weighted by molar-refractivity contribution is 5.78. The van der Waals surface area contributed by atoms with Gasteiger partial charge in [-0.25, -0.2) is 0 Å². The lowest BCUT2D eigenvalue weighted by Gasteiger charge is -2.32. The van der Waals surface area contributed by atoms with Crippen molar-refractivity contribution in [1.82, 2.24) is 10.1 Å². The lowest BCUT2D eigenvalue weighted by Crippen LogP contribution is -2.48. The molecule has 2 unspecified atom stereocenters. The number of nitrogens with zero attached hydrogens (tertiary/aromatic N) is 2. The number of hydrogen-bond acceptors (Lipinski definition) is 6. The van der Waals surface area contributed by atoms with Gasteiger partial charge in [0.15, 0.2) is 0 Å². The van der Waals surface area contributed by atoms with E-state index in [2.05, 4.69) is 5.16 Å². The van der Waals surface area contributed by atoms with E-state index in [4.69, 9.17) is 15.0 Å². The second kappa shape index (κ2) is 6.04. The Morgan fingerprint density at radius 3 is 2.90 bits per heavy atom. The largest absolute Gasteiger partial charge is 0.468 e. The predicted octanol–water partition coefficient (Wildman–Crippen LogP) is 0.269. The Bertz CT molecular complexity index is 474. The van der Waals surface area contributed by atoms with Gasteiger partial charge in [0.25, 0.3) is 0 Å². The highest BCUT2D eigenvalue weighted by atomic mass is 16.5. The predicted molar refractivity (Wildman–Crippen MR) is 69.6 cm³/mol. The molecule has 2 rings (SSSR count). The lowest BCUT2D eigenvalue weighted by atomic mass is 9.88. The van der Waals surface area contributed by atoms with E-state index >= 15 is 0 Å². The van der Waals surface area contributed by atoms with Crippen LogP contribution in [0.3, 0.4) is 0 Å². The second-order valence-corrected chi connectivity index (χ2v) is 4.91. The summed E-state index contributed by atoms with van der Waals surface area (Å²) < 4.78 is 9.89. The first-order valence-electron chi connectivity index (χ1n) is 6.57. The number of esters is 1. The molecule has 0 saturated carbocycles. The van der Waals surface area contributed by atoms with Crippen LogP contribution in [0.1, 0.15) is 31.4 Å². The van der Waals surface area contributed by atoms with Crippen LogP contribution in [0.15, 0.2) is 16.8 Å². The molecule has 1 aliphatic heterocycles. The molecule has 2 N–H and O–H groups in total. The molecule has 1 fully saturated rings. The van der Waals surface area contributed by atoms with Gasteiger partial charge in [0.2, 0.25) is 5.91 Å². The molecular formula is C13H19N3O4. The molecule has 0 aromatic carbocycles. The van der Waals surface area contributed by atoms with Crippen LogP contribution in [0.5, 0.6) is 0 Å². The SMILES string of the molecule is COC(=O)C(N)C(c1ccno1)[C@H]1CCCN1C(C)=O. The Labute approximate surface area is 117 Å². The van der Waals surface area contributed by atoms with Gasteiger partial charge in [0.05, 0.1) is 19.2 Å². The van der Waals surface area contributed by atoms with Crippen molar-refractivity contribution < 1.29 is 18.8 Å². The minimum atomic E-state index is -0.891. The zero-order valence-electron chi connectivity index (χ0n) is 11.6. The number of nitrogens with two attached hydrogens (primary N) is 1. The maximum Gasteiger partial charge on any atom is 0.323 e. The molecule has 1 aromatic heterocycles. The van der Waals surface area contributed by atoms with Crippen molar-refractivity contribution in [2.75, 3.05) is 13.7 Å². The molecule has 0 aliphatic carbocycles. The summed E-state index contributed by atoms with van der Waals surface area (Å²) in [5, 5.41) is 3.67. The van der Waals surface area contributed by atoms with Gasteiger partial charge in [-0.2, -0.15) is 0 Å². The third-order valence-corrected chi connectivity index (χ3v) is 3.76. The first-order valence-corrected chi connectivity index (χ1v) is 6.57. The van der Waals surface area contributed by atoms with Gasteiger partial charge in [0, 0.05) is 25.6 Å². The fourth-order valence-electron chi connectivity index (χ4n) is 2.84. The minimum absolute atomic E-state index is 0.0333. The van der Waals surface area contributed by atoms with E-state index in [0.29, 0.717) is 12.3 Å². The standard InChI is InChI=1S/C13H19N3O4/c1-8(17)16-7-3-4-9(16)11(10-5-6-15-20-10)12(14)13(18)19-2/h5-6,9,11-12H,3-4,7,14H2,1-2H3/t9-,11?,12?/m1/s1. The minimum Gasteiger partial charge on any atom is -0.468 e. The molecule has 1 aliphatic rings. The third-order valence-electron chi connectivity index (χ3n) is 3.76. The van der Waals surface area contributed by atoms with Crippen LogP contribution in [-0.4, -0.2) is 47.7 Å². The maximum atomic E-state index is 11.8. The van der Waals surface area contributed by atoms with Gasteiger partial charge in [-0.3, -0.25) is 9.59 Å². The Hall–Kier alpha value is -1.89. The average molecular weight is 281 g/mol. The van der Waals surface area contributed by atoms with Crippen molar-refractivity contribution in [3.8, 4) is 0 Å². The molecule has 0 radical (unpaired) electrons. The maximum absolute atomic E-state index is 11.8. The van der Waals surface area contributed by atoms with Crippen molar-refractivity contribution >= 4 is 11.9 Å². The summed E-state index contributed by atoms with van der Waals surface area (Å²) in [6, 6.07) is 0.608. The second-order valence-electron chi connectivity index (χ2n) is 4.91. The summed E-state index contributed by atoms with van der Waals surface area (Å²) in [5.41, 5.74) is 6.01. The van der Waals surface area contributed by atoms with E-state index in [9.17, 15) is 9.59 Å². The number of carbonyl (C=O) groups is 2. The fraction of sp³-hybridized carbons (Fsp3) is 0.615. The molecule has 1 amide bonds. The molecule has 7 heteroatoms. The van der Waals surface area contributed by atoms with Crippen LogP contribution in [0, 0.1) is 0 Å². The van der Waals surface area contributed by atoms with E-state index in [0.717, 1.165) is 12.8 Å². The van der Waals surface area contributed by atoms with Crippen molar-refractivity contribution in [1.29, 1.82) is 0 Å². The van der Waals surface area contributed by atoms with E-state index in [-0.39, 0.29) is 11.9 Å². The number of amides is 1. The van der Waals surface area contributed by atoms with Crippen LogP contribution in [0.2, 0.25) is 0 Å². The first kappa shape index (κ1) is 14.5. The molecule has 0 bridgehead atoms. The normalized spacial score (nSPS) is 21.6. The molecule has 1 aromatic rings. The monoisotopic (exact) mass is 281 g/mol. The fourth-order valence-corrected chi connectivity index (χ4v) is 2.84. The highest BCUT2D eigenvalue weighted by Gasteiger charge is 2.42. The molecular weight excluding hydrogens is 262 g/mol. The van der Waals surface area contributed by atoms with Crippen molar-refractivity contribution in [2.45, 2.75) is 37.8 Å². The zero-order valence-corrected chi connectivity index (χ0v) is 11.6. The third kappa shape index (κ3) is 2.67. The highest BCUT2D eigenvalue weighted by Crippen LogP contribution is 2.33. The molecule has 7 nitrogen and oxygen atoms in total. The summed E-state index contributed by atoms with van der Waals surface area (Å²) in [7, 11) is 1.29. The number of likely N-dealkylation sites (tertiary alicyclic amines) is 1. The van der Waals surface area contributed by atoms with Gasteiger partial charge in [-0.15, -0.1) is 0 Å². The summed E-state index contributed by atoms with van der Waals surface area (Å²) in [4.78, 5) is 25.2. The van der Waals surface area contributed by atoms with E-state index in [1.807, 2.05) is 0 Å². The van der Waals surface area contributed by atoms with Crippen molar-refractivity contribution in [2.24, 2.45) is 5.73 Å². The first-order chi connectivity index (χ1) is 9.56. The number of hydrogen-bond donors (Lipinski definition) is 1. The molecule has 1 saturated heterocycles. The summed E-state index contributed by atoms with van der Waals surface area (Å²) in [5.74, 6) is -0.506. The van der Waals surface area contributed by atoms with Gasteiger partial charge < -0.3 is 19.9 Å². The smallest absolute Gasteiger partial charge is 0.323 e. The Morgan fingerprint density at radius 1 is 1.60 bits per heavy atom. The quantitative estimate of drug-likeness (QED) is 0.795. The van der Waals surface area contributed by atoms with Crippen LogP contribution in [-0.2, 0) is 14.3 Å². The topological polar surface area (TPSA) is 98.7 Å². The van der Waals surface area contributed by atoms with Gasteiger partial charge in [-0.1, -0.05) is 5.16 Å². The van der Waals surface area contributed by atoms with Crippen molar-refractivity contribution in [3.05, 3.63) is 18.0 Å². The van der Waals surface area contributed by atoms with Crippen LogP contribution in [0.25, 0.3) is 0 Å². The number of aromatic nitrogens is 1. The Balaban J connectivity index is 2.32. The number of ether oxygens (including phenoxy) is 1. The van der Waals surface area contributed by atoms with Crippen LogP contribution >= 0.6 is 0 Å². The molecule has 3 atom stereocenters. The van der Waals surface area contributed by atoms with Gasteiger partial charge >= 0.3 is 5.97 Å². The molecule has 0 spiro atoms. The van der Waals surface area contributed by atoms with E-state index in [1.54, 1.807) is 11.0 Å². The van der Waals surface area contributed by atoms with E-state index < -0.39 is 17.9 Å². The van der Waals surface area contributed by atoms with Crippen LogP contribution < -0.4 is 5.73 Å². The van der Waals surface area contributed by atoms with E-state index in [1.165, 1.54) is 20.2 Å². The van der Waals surface area contributed by atoms with Gasteiger partial charge in [0.1, 0.15) is 11.8 Å². The molecule has 110 valence electrons. The lowest BCUT2D eigenvalue weighted by molar-refractivity contribution is -0.144. The van der Waals surface area contributed by atoms with Crippen LogP contribution in [0.4, 0.5) is 0 Å². The average Bonchev–Trinajstić information content (AvgIpc) is 3.09. The molecule has 20 heavy (non-hydrogen) atoms. The van der Waals surface area contributed by atoms with Gasteiger partial charge in [-0.05, 0) is 12.8 Å². The molecule has 2 heterocycles. The van der Waals surface area contributed by atoms with Crippen molar-refractivity contribution in [3.63, 3.8) is 0 Å². The number of methoxy groups -OCH3 is 1. The summed E-state index contributed by atoms with van der Waals surface area (Å²) in [6.45, 7) is 2.18.